The molecule has 2 N–H and O–H groups in total. The van der Waals surface area contributed by atoms with Gasteiger partial charge in [0.25, 0.3) is 11.8 Å². The molecule has 7 nitrogen and oxygen atoms in total. The van der Waals surface area contributed by atoms with Crippen LogP contribution in [0.5, 0.6) is 5.88 Å². The number of amides is 2. The molecule has 2 amide bonds. The van der Waals surface area contributed by atoms with Crippen molar-refractivity contribution >= 4 is 11.8 Å². The van der Waals surface area contributed by atoms with Gasteiger partial charge in [-0.05, 0) is 17.7 Å². The lowest BCUT2D eigenvalue weighted by Crippen LogP contribution is -2.35. The van der Waals surface area contributed by atoms with Crippen molar-refractivity contribution in [2.24, 2.45) is 0 Å². The quantitative estimate of drug-likeness (QED) is 0.588. The van der Waals surface area contributed by atoms with Crippen LogP contribution < -0.4 is 15.4 Å². The van der Waals surface area contributed by atoms with Crippen LogP contribution in [0.2, 0.25) is 0 Å². The van der Waals surface area contributed by atoms with E-state index in [1.54, 1.807) is 24.3 Å². The Morgan fingerprint density at radius 3 is 2.18 bits per heavy atom. The molecule has 0 radical (unpaired) electrons. The second kappa shape index (κ2) is 9.82. The van der Waals surface area contributed by atoms with Gasteiger partial charge in [-0.2, -0.15) is 0 Å². The maximum absolute atomic E-state index is 12.2. The number of carbonyl (C=O) groups is 2. The van der Waals surface area contributed by atoms with Crippen molar-refractivity contribution in [3.8, 4) is 5.88 Å². The molecule has 1 heterocycles. The van der Waals surface area contributed by atoms with Gasteiger partial charge >= 0.3 is 0 Å². The summed E-state index contributed by atoms with van der Waals surface area (Å²) in [5, 5.41) is 5.45. The summed E-state index contributed by atoms with van der Waals surface area (Å²) < 4.78 is 5.60. The van der Waals surface area contributed by atoms with Crippen LogP contribution in [0.4, 0.5) is 0 Å². The Morgan fingerprint density at radius 2 is 1.46 bits per heavy atom. The Morgan fingerprint density at radius 1 is 0.821 bits per heavy atom. The minimum Gasteiger partial charge on any atom is -0.473 e. The predicted molar refractivity (Wildman–Crippen MR) is 104 cm³/mol. The first-order chi connectivity index (χ1) is 13.7. The first-order valence-corrected chi connectivity index (χ1v) is 8.82. The third kappa shape index (κ3) is 5.63. The topological polar surface area (TPSA) is 93.2 Å². The van der Waals surface area contributed by atoms with Crippen LogP contribution >= 0.6 is 0 Å². The lowest BCUT2D eigenvalue weighted by atomic mass is 10.2. The Bertz CT molecular complexity index is 917. The highest BCUT2D eigenvalue weighted by molar-refractivity contribution is 5.94. The molecule has 1 aromatic heterocycles. The molecule has 2 aromatic carbocycles. The van der Waals surface area contributed by atoms with E-state index in [0.717, 1.165) is 5.56 Å². The molecular weight excluding hydrogens is 356 g/mol. The highest BCUT2D eigenvalue weighted by Crippen LogP contribution is 2.10. The third-order valence-corrected chi connectivity index (χ3v) is 3.84. The summed E-state index contributed by atoms with van der Waals surface area (Å²) in [4.78, 5) is 32.1. The van der Waals surface area contributed by atoms with Crippen molar-refractivity contribution < 1.29 is 14.3 Å². The molecule has 3 rings (SSSR count). The average molecular weight is 376 g/mol. The normalized spacial score (nSPS) is 10.1. The smallest absolute Gasteiger partial charge is 0.270 e. The van der Waals surface area contributed by atoms with Crippen LogP contribution in [-0.2, 0) is 6.61 Å². The van der Waals surface area contributed by atoms with Crippen LogP contribution in [-0.4, -0.2) is 34.9 Å². The van der Waals surface area contributed by atoms with Crippen molar-refractivity contribution in [2.45, 2.75) is 6.61 Å². The molecule has 0 aliphatic rings. The van der Waals surface area contributed by atoms with E-state index >= 15 is 0 Å². The zero-order valence-corrected chi connectivity index (χ0v) is 15.2. The van der Waals surface area contributed by atoms with E-state index in [4.69, 9.17) is 4.74 Å². The molecule has 0 saturated heterocycles. The van der Waals surface area contributed by atoms with E-state index < -0.39 is 0 Å². The fourth-order valence-corrected chi connectivity index (χ4v) is 2.41. The molecule has 0 saturated carbocycles. The van der Waals surface area contributed by atoms with E-state index in [-0.39, 0.29) is 24.1 Å². The summed E-state index contributed by atoms with van der Waals surface area (Å²) in [6, 6.07) is 20.0. The number of nitrogens with one attached hydrogen (secondary N) is 2. The minimum atomic E-state index is -0.360. The number of ether oxygens (including phenoxy) is 1. The van der Waals surface area contributed by atoms with Gasteiger partial charge in [-0.3, -0.25) is 9.59 Å². The van der Waals surface area contributed by atoms with Gasteiger partial charge < -0.3 is 15.4 Å². The molecule has 0 atom stereocenters. The van der Waals surface area contributed by atoms with Gasteiger partial charge in [0.2, 0.25) is 5.88 Å². The maximum atomic E-state index is 12.2. The van der Waals surface area contributed by atoms with Crippen LogP contribution in [0, 0.1) is 0 Å². The van der Waals surface area contributed by atoms with Gasteiger partial charge in [-0.15, -0.1) is 0 Å². The van der Waals surface area contributed by atoms with Crippen LogP contribution in [0.1, 0.15) is 26.4 Å². The number of rotatable bonds is 8. The van der Waals surface area contributed by atoms with Crippen molar-refractivity contribution in [1.82, 2.24) is 20.6 Å². The molecule has 7 heteroatoms. The first kappa shape index (κ1) is 19.0. The molecule has 0 bridgehead atoms. The molecule has 28 heavy (non-hydrogen) atoms. The second-order valence-corrected chi connectivity index (χ2v) is 5.89. The van der Waals surface area contributed by atoms with Gasteiger partial charge in [-0.25, -0.2) is 9.97 Å². The second-order valence-electron chi connectivity index (χ2n) is 5.89. The molecule has 0 unspecified atom stereocenters. The molecule has 0 fully saturated rings. The van der Waals surface area contributed by atoms with Crippen molar-refractivity contribution in [3.63, 3.8) is 0 Å². The number of aromatic nitrogens is 2. The summed E-state index contributed by atoms with van der Waals surface area (Å²) in [5.74, 6) is -0.226. The van der Waals surface area contributed by atoms with Gasteiger partial charge in [0, 0.05) is 24.7 Å². The Labute approximate surface area is 162 Å². The summed E-state index contributed by atoms with van der Waals surface area (Å²) in [6.45, 7) is 0.938. The van der Waals surface area contributed by atoms with Crippen molar-refractivity contribution in [2.75, 3.05) is 13.1 Å². The standard InChI is InChI=1S/C21H20N4O3/c26-20(17-9-5-2-6-10-17)22-11-12-23-21(27)18-13-19(25-15-24-18)28-14-16-7-3-1-4-8-16/h1-10,13,15H,11-12,14H2,(H,22,26)(H,23,27). The van der Waals surface area contributed by atoms with Gasteiger partial charge in [0.1, 0.15) is 18.6 Å². The molecule has 0 aliphatic carbocycles. The number of carbonyl (C=O) groups excluding carboxylic acids is 2. The van der Waals surface area contributed by atoms with Crippen LogP contribution in [0.15, 0.2) is 73.1 Å². The van der Waals surface area contributed by atoms with E-state index in [0.29, 0.717) is 24.6 Å². The Hall–Kier alpha value is -3.74. The maximum Gasteiger partial charge on any atom is 0.270 e. The largest absolute Gasteiger partial charge is 0.473 e. The molecule has 3 aromatic rings. The molecule has 0 aliphatic heterocycles. The monoisotopic (exact) mass is 376 g/mol. The SMILES string of the molecule is O=C(NCCNC(=O)c1cc(OCc2ccccc2)ncn1)c1ccccc1. The highest BCUT2D eigenvalue weighted by Gasteiger charge is 2.10. The molecular formula is C21H20N4O3. The fourth-order valence-electron chi connectivity index (χ4n) is 2.41. The minimum absolute atomic E-state index is 0.187. The number of benzene rings is 2. The van der Waals surface area contributed by atoms with Crippen LogP contribution in [0.25, 0.3) is 0 Å². The lowest BCUT2D eigenvalue weighted by molar-refractivity contribution is 0.0924. The number of hydrogen-bond acceptors (Lipinski definition) is 5. The Kier molecular flexibility index (Phi) is 6.67. The zero-order chi connectivity index (χ0) is 19.6. The molecule has 142 valence electrons. The van der Waals surface area contributed by atoms with Crippen molar-refractivity contribution in [3.05, 3.63) is 89.9 Å². The first-order valence-electron chi connectivity index (χ1n) is 8.82. The fraction of sp³-hybridized carbons (Fsp3) is 0.143. The third-order valence-electron chi connectivity index (χ3n) is 3.84. The highest BCUT2D eigenvalue weighted by atomic mass is 16.5. The summed E-state index contributed by atoms with van der Waals surface area (Å²) in [6.07, 6.45) is 1.28. The van der Waals surface area contributed by atoms with E-state index in [1.807, 2.05) is 36.4 Å². The van der Waals surface area contributed by atoms with Crippen LogP contribution in [0.3, 0.4) is 0 Å². The van der Waals surface area contributed by atoms with Crippen molar-refractivity contribution in [1.29, 1.82) is 0 Å². The molecule has 0 spiro atoms. The zero-order valence-electron chi connectivity index (χ0n) is 15.2. The van der Waals surface area contributed by atoms with E-state index in [9.17, 15) is 9.59 Å². The van der Waals surface area contributed by atoms with Gasteiger partial charge in [-0.1, -0.05) is 48.5 Å². The average Bonchev–Trinajstić information content (AvgIpc) is 2.76. The number of hydrogen-bond donors (Lipinski definition) is 2. The lowest BCUT2D eigenvalue weighted by Gasteiger charge is -2.08. The Balaban J connectivity index is 1.44. The van der Waals surface area contributed by atoms with Gasteiger partial charge in [0.15, 0.2) is 0 Å². The van der Waals surface area contributed by atoms with E-state index in [2.05, 4.69) is 20.6 Å². The summed E-state index contributed by atoms with van der Waals surface area (Å²) >= 11 is 0. The summed E-state index contributed by atoms with van der Waals surface area (Å²) in [5.41, 5.74) is 1.78. The van der Waals surface area contributed by atoms with E-state index in [1.165, 1.54) is 12.4 Å². The van der Waals surface area contributed by atoms with Gasteiger partial charge in [0.05, 0.1) is 0 Å². The summed E-state index contributed by atoms with van der Waals surface area (Å²) in [7, 11) is 0. The predicted octanol–water partition coefficient (Wildman–Crippen LogP) is 2.22. The number of nitrogens with zero attached hydrogens (tertiary/aromatic N) is 2.